The number of nitrogens with one attached hydrogen (secondary N) is 1. The van der Waals surface area contributed by atoms with Crippen LogP contribution in [0.15, 0.2) is 52.8 Å². The van der Waals surface area contributed by atoms with E-state index in [2.05, 4.69) is 36.3 Å². The van der Waals surface area contributed by atoms with Crippen LogP contribution in [-0.4, -0.2) is 10.5 Å². The van der Waals surface area contributed by atoms with Crippen molar-refractivity contribution in [3.63, 3.8) is 0 Å². The summed E-state index contributed by atoms with van der Waals surface area (Å²) in [4.78, 5) is 17.8. The first kappa shape index (κ1) is 22.8. The first-order valence-electron chi connectivity index (χ1n) is 9.17. The molecule has 3 aromatic rings. The third-order valence-corrected chi connectivity index (χ3v) is 5.51. The molecular weight excluding hydrogens is 409 g/mol. The van der Waals surface area contributed by atoms with Crippen LogP contribution in [0.25, 0.3) is 0 Å². The quantitative estimate of drug-likeness (QED) is 0.567. The summed E-state index contributed by atoms with van der Waals surface area (Å²) in [7, 11) is 1.88. The summed E-state index contributed by atoms with van der Waals surface area (Å²) >= 11 is 1.48. The van der Waals surface area contributed by atoms with Crippen molar-refractivity contribution >= 4 is 41.0 Å². The molecule has 0 atom stereocenters. The molecule has 0 saturated heterocycles. The lowest BCUT2D eigenvalue weighted by Crippen LogP contribution is -2.20. The highest BCUT2D eigenvalue weighted by Crippen LogP contribution is 2.19. The van der Waals surface area contributed by atoms with Gasteiger partial charge in [-0.15, -0.1) is 23.7 Å². The van der Waals surface area contributed by atoms with Gasteiger partial charge in [-0.25, -0.2) is 9.38 Å². The summed E-state index contributed by atoms with van der Waals surface area (Å²) in [6.45, 7) is 6.12. The molecule has 29 heavy (non-hydrogen) atoms. The molecule has 154 valence electrons. The first-order chi connectivity index (χ1) is 13.3. The number of aromatic nitrogens is 1. The van der Waals surface area contributed by atoms with Crippen molar-refractivity contribution in [2.24, 2.45) is 12.0 Å². The van der Waals surface area contributed by atoms with Gasteiger partial charge < -0.3 is 9.88 Å². The zero-order chi connectivity index (χ0) is 20.3. The number of halogens is 2. The van der Waals surface area contributed by atoms with Crippen LogP contribution in [0, 0.1) is 12.7 Å². The number of benzene rings is 2. The minimum atomic E-state index is -0.427. The summed E-state index contributed by atoms with van der Waals surface area (Å²) in [5, 5.41) is 4.54. The van der Waals surface area contributed by atoms with E-state index >= 15 is 0 Å². The smallest absolute Gasteiger partial charge is 0.230 e. The molecule has 1 amide bonds. The van der Waals surface area contributed by atoms with Crippen LogP contribution in [0.2, 0.25) is 0 Å². The number of aryl methyl sites for hydroxylation is 1. The molecular formula is C22H25ClFN3OS. The molecule has 1 aromatic heterocycles. The molecule has 0 saturated carbocycles. The summed E-state index contributed by atoms with van der Waals surface area (Å²) in [6, 6.07) is 12.9. The second-order valence-corrected chi connectivity index (χ2v) is 7.97. The highest BCUT2D eigenvalue weighted by Gasteiger charge is 2.11. The lowest BCUT2D eigenvalue weighted by molar-refractivity contribution is -0.115. The number of carbonyl (C=O) groups is 1. The largest absolute Gasteiger partial charge is 0.323 e. The monoisotopic (exact) mass is 433 g/mol. The minimum Gasteiger partial charge on any atom is -0.323 e. The lowest BCUT2D eigenvalue weighted by Gasteiger charge is -2.07. The van der Waals surface area contributed by atoms with Gasteiger partial charge in [0, 0.05) is 18.1 Å². The molecule has 3 rings (SSSR count). The van der Waals surface area contributed by atoms with Crippen molar-refractivity contribution in [1.82, 2.24) is 4.57 Å². The number of nitrogens with zero attached hydrogens (tertiary/aromatic N) is 2. The number of hydrogen-bond donors (Lipinski definition) is 1. The van der Waals surface area contributed by atoms with E-state index in [0.29, 0.717) is 5.92 Å². The van der Waals surface area contributed by atoms with Crippen molar-refractivity contribution in [1.29, 1.82) is 0 Å². The minimum absolute atomic E-state index is 0. The zero-order valence-corrected chi connectivity index (χ0v) is 18.5. The van der Waals surface area contributed by atoms with Crippen molar-refractivity contribution in [3.8, 4) is 0 Å². The fourth-order valence-corrected chi connectivity index (χ4v) is 3.70. The van der Waals surface area contributed by atoms with E-state index in [1.54, 1.807) is 19.1 Å². The van der Waals surface area contributed by atoms with Crippen LogP contribution >= 0.6 is 23.7 Å². The van der Waals surface area contributed by atoms with Crippen LogP contribution in [0.1, 0.15) is 36.6 Å². The Labute approximate surface area is 180 Å². The van der Waals surface area contributed by atoms with E-state index in [0.717, 1.165) is 21.7 Å². The van der Waals surface area contributed by atoms with E-state index in [4.69, 9.17) is 0 Å². The molecule has 0 radical (unpaired) electrons. The highest BCUT2D eigenvalue weighted by molar-refractivity contribution is 7.07. The average Bonchev–Trinajstić information content (AvgIpc) is 2.98. The van der Waals surface area contributed by atoms with E-state index in [9.17, 15) is 9.18 Å². The maximum atomic E-state index is 13.9. The van der Waals surface area contributed by atoms with Gasteiger partial charge in [0.15, 0.2) is 4.80 Å². The average molecular weight is 434 g/mol. The summed E-state index contributed by atoms with van der Waals surface area (Å²) < 4.78 is 15.8. The van der Waals surface area contributed by atoms with Gasteiger partial charge in [0.05, 0.1) is 17.8 Å². The Morgan fingerprint density at radius 1 is 1.21 bits per heavy atom. The van der Waals surface area contributed by atoms with Gasteiger partial charge in [-0.2, -0.15) is 0 Å². The van der Waals surface area contributed by atoms with Crippen LogP contribution in [0.4, 0.5) is 15.8 Å². The molecule has 1 N–H and O–H groups in total. The van der Waals surface area contributed by atoms with Gasteiger partial charge in [0.25, 0.3) is 0 Å². The molecule has 2 aromatic carbocycles. The number of amides is 1. The Morgan fingerprint density at radius 2 is 1.90 bits per heavy atom. The summed E-state index contributed by atoms with van der Waals surface area (Å²) in [6.07, 6.45) is 0.155. The molecule has 0 aliphatic heterocycles. The summed E-state index contributed by atoms with van der Waals surface area (Å²) in [5.74, 6) is -0.206. The van der Waals surface area contributed by atoms with Crippen LogP contribution < -0.4 is 10.1 Å². The van der Waals surface area contributed by atoms with Crippen LogP contribution in [0.5, 0.6) is 0 Å². The Morgan fingerprint density at radius 3 is 2.52 bits per heavy atom. The molecule has 7 heteroatoms. The van der Waals surface area contributed by atoms with Crippen molar-refractivity contribution in [3.05, 3.63) is 75.3 Å². The number of hydrogen-bond acceptors (Lipinski definition) is 3. The van der Waals surface area contributed by atoms with Crippen LogP contribution in [-0.2, 0) is 18.3 Å². The van der Waals surface area contributed by atoms with E-state index in [1.165, 1.54) is 23.0 Å². The van der Waals surface area contributed by atoms with Gasteiger partial charge in [-0.1, -0.05) is 32.0 Å². The van der Waals surface area contributed by atoms with Crippen molar-refractivity contribution in [2.45, 2.75) is 33.1 Å². The molecule has 0 unspecified atom stereocenters. The topological polar surface area (TPSA) is 46.4 Å². The molecule has 4 nitrogen and oxygen atoms in total. The van der Waals surface area contributed by atoms with Crippen molar-refractivity contribution < 1.29 is 9.18 Å². The Bertz CT molecular complexity index is 1050. The van der Waals surface area contributed by atoms with Crippen LogP contribution in [0.3, 0.4) is 0 Å². The Hall–Kier alpha value is -2.44. The first-order valence-corrected chi connectivity index (χ1v) is 10.1. The Balaban J connectivity index is 0.00000300. The highest BCUT2D eigenvalue weighted by atomic mass is 35.5. The van der Waals surface area contributed by atoms with Crippen molar-refractivity contribution in [2.75, 3.05) is 5.32 Å². The summed E-state index contributed by atoms with van der Waals surface area (Å²) in [5.41, 5.74) is 3.98. The lowest BCUT2D eigenvalue weighted by atomic mass is 10.0. The third kappa shape index (κ3) is 5.78. The molecule has 0 fully saturated rings. The standard InChI is InChI=1S/C22H24FN3OS.ClH/c1-14(2)16-6-8-17(9-7-16)24-22-26(4)18(13-28-22)12-21(27)25-20-10-5-15(3)11-19(20)23;/h5-11,13-14H,12H2,1-4H3,(H,25,27);1H. The Kier molecular flexibility index (Phi) is 7.76. The van der Waals surface area contributed by atoms with E-state index in [1.807, 2.05) is 29.1 Å². The second-order valence-electron chi connectivity index (χ2n) is 7.13. The maximum Gasteiger partial charge on any atom is 0.230 e. The molecule has 0 spiro atoms. The van der Waals surface area contributed by atoms with Gasteiger partial charge >= 0.3 is 0 Å². The fraction of sp³-hybridized carbons (Fsp3) is 0.273. The number of anilines is 1. The fourth-order valence-electron chi connectivity index (χ4n) is 2.79. The predicted octanol–water partition coefficient (Wildman–Crippen LogP) is 5.49. The second kappa shape index (κ2) is 9.85. The molecule has 0 aliphatic carbocycles. The predicted molar refractivity (Wildman–Crippen MR) is 120 cm³/mol. The normalized spacial score (nSPS) is 11.4. The van der Waals surface area contributed by atoms with Gasteiger partial charge in [0.2, 0.25) is 5.91 Å². The maximum absolute atomic E-state index is 13.9. The molecule has 1 heterocycles. The van der Waals surface area contributed by atoms with Gasteiger partial charge in [0.1, 0.15) is 5.82 Å². The van der Waals surface area contributed by atoms with Gasteiger partial charge in [-0.05, 0) is 48.2 Å². The molecule has 0 aliphatic rings. The SMILES string of the molecule is Cc1ccc(NC(=O)Cc2csc(=Nc3ccc(C(C)C)cc3)n2C)c(F)c1.Cl. The number of carbonyl (C=O) groups excluding carboxylic acids is 1. The molecule has 0 bridgehead atoms. The van der Waals surface area contributed by atoms with E-state index in [-0.39, 0.29) is 30.4 Å². The number of thiazole rings is 1. The number of rotatable bonds is 5. The third-order valence-electron chi connectivity index (χ3n) is 4.54. The van der Waals surface area contributed by atoms with E-state index < -0.39 is 5.82 Å². The zero-order valence-electron chi connectivity index (χ0n) is 16.9. The van der Waals surface area contributed by atoms with Gasteiger partial charge in [-0.3, -0.25) is 4.79 Å².